The second-order valence-corrected chi connectivity index (χ2v) is 7.38. The highest BCUT2D eigenvalue weighted by atomic mass is 32.2. The Hall–Kier alpha value is -3.20. The molecule has 0 spiro atoms. The number of hydrogen-bond donors (Lipinski definition) is 1. The van der Waals surface area contributed by atoms with Crippen molar-refractivity contribution in [1.82, 2.24) is 10.2 Å². The zero-order valence-electron chi connectivity index (χ0n) is 16.0. The average Bonchev–Trinajstić information content (AvgIpc) is 3.21. The standard InChI is InChI=1S/C20H20N4O4S/c1-3-13(2)14-7-9-16(10-8-14)21-18(25)12-29-20-23-22-19(28-20)15-5-4-6-17(11-15)24(26)27/h4-11,13H,3,12H2,1-2H3,(H,21,25)/t13-/m1/s1. The number of aromatic nitrogens is 2. The van der Waals surface area contributed by atoms with Crippen molar-refractivity contribution in [3.8, 4) is 11.5 Å². The number of thioether (sulfide) groups is 1. The van der Waals surface area contributed by atoms with Crippen LogP contribution in [0.4, 0.5) is 11.4 Å². The summed E-state index contributed by atoms with van der Waals surface area (Å²) in [5.41, 5.74) is 2.35. The maximum atomic E-state index is 12.2. The smallest absolute Gasteiger partial charge is 0.277 e. The van der Waals surface area contributed by atoms with E-state index < -0.39 is 4.92 Å². The number of anilines is 1. The first-order chi connectivity index (χ1) is 14.0. The lowest BCUT2D eigenvalue weighted by Gasteiger charge is -2.10. The fourth-order valence-corrected chi connectivity index (χ4v) is 3.16. The highest BCUT2D eigenvalue weighted by Crippen LogP contribution is 2.26. The van der Waals surface area contributed by atoms with E-state index in [0.717, 1.165) is 23.9 Å². The topological polar surface area (TPSA) is 111 Å². The van der Waals surface area contributed by atoms with E-state index in [1.165, 1.54) is 17.7 Å². The Morgan fingerprint density at radius 3 is 2.69 bits per heavy atom. The van der Waals surface area contributed by atoms with Crippen molar-refractivity contribution >= 4 is 29.0 Å². The lowest BCUT2D eigenvalue weighted by Crippen LogP contribution is -2.14. The highest BCUT2D eigenvalue weighted by Gasteiger charge is 2.14. The summed E-state index contributed by atoms with van der Waals surface area (Å²) in [5, 5.41) is 21.7. The molecule has 0 aliphatic heterocycles. The third kappa shape index (κ3) is 5.41. The van der Waals surface area contributed by atoms with Gasteiger partial charge in [0.1, 0.15) is 0 Å². The predicted molar refractivity (Wildman–Crippen MR) is 111 cm³/mol. The molecule has 1 heterocycles. The van der Waals surface area contributed by atoms with Gasteiger partial charge < -0.3 is 9.73 Å². The molecular formula is C20H20N4O4S. The van der Waals surface area contributed by atoms with Crippen molar-refractivity contribution < 1.29 is 14.1 Å². The van der Waals surface area contributed by atoms with Crippen LogP contribution in [0.15, 0.2) is 58.2 Å². The van der Waals surface area contributed by atoms with Crippen LogP contribution in [0.3, 0.4) is 0 Å². The van der Waals surface area contributed by atoms with Gasteiger partial charge in [-0.25, -0.2) is 0 Å². The van der Waals surface area contributed by atoms with Gasteiger partial charge in [-0.05, 0) is 36.1 Å². The molecule has 2 aromatic carbocycles. The molecule has 3 rings (SSSR count). The van der Waals surface area contributed by atoms with E-state index in [4.69, 9.17) is 4.42 Å². The van der Waals surface area contributed by atoms with Crippen LogP contribution >= 0.6 is 11.8 Å². The predicted octanol–water partition coefficient (Wildman–Crippen LogP) is 4.89. The van der Waals surface area contributed by atoms with Crippen molar-refractivity contribution in [2.75, 3.05) is 11.1 Å². The number of benzene rings is 2. The van der Waals surface area contributed by atoms with Crippen LogP contribution in [0.25, 0.3) is 11.5 Å². The summed E-state index contributed by atoms with van der Waals surface area (Å²) in [6.07, 6.45) is 1.06. The van der Waals surface area contributed by atoms with Crippen molar-refractivity contribution in [3.63, 3.8) is 0 Å². The summed E-state index contributed by atoms with van der Waals surface area (Å²) >= 11 is 1.10. The fourth-order valence-electron chi connectivity index (χ4n) is 2.59. The van der Waals surface area contributed by atoms with Crippen LogP contribution in [-0.4, -0.2) is 26.8 Å². The summed E-state index contributed by atoms with van der Waals surface area (Å²) in [6, 6.07) is 13.7. The molecule has 0 fully saturated rings. The molecule has 1 atom stereocenters. The van der Waals surface area contributed by atoms with E-state index in [-0.39, 0.29) is 28.5 Å². The van der Waals surface area contributed by atoms with Crippen LogP contribution in [0.1, 0.15) is 31.7 Å². The summed E-state index contributed by atoms with van der Waals surface area (Å²) in [4.78, 5) is 22.5. The summed E-state index contributed by atoms with van der Waals surface area (Å²) < 4.78 is 5.50. The van der Waals surface area contributed by atoms with Gasteiger partial charge in [-0.2, -0.15) is 0 Å². The number of carbonyl (C=O) groups excluding carboxylic acids is 1. The van der Waals surface area contributed by atoms with Crippen molar-refractivity contribution in [1.29, 1.82) is 0 Å². The molecule has 0 bridgehead atoms. The number of nitrogens with one attached hydrogen (secondary N) is 1. The first kappa shape index (κ1) is 20.5. The van der Waals surface area contributed by atoms with E-state index >= 15 is 0 Å². The molecule has 0 aliphatic rings. The summed E-state index contributed by atoms with van der Waals surface area (Å²) in [6.45, 7) is 4.30. The number of rotatable bonds is 8. The van der Waals surface area contributed by atoms with Crippen LogP contribution in [0, 0.1) is 10.1 Å². The Labute approximate surface area is 171 Å². The van der Waals surface area contributed by atoms with Crippen molar-refractivity contribution in [2.45, 2.75) is 31.4 Å². The molecule has 29 heavy (non-hydrogen) atoms. The van der Waals surface area contributed by atoms with Crippen LogP contribution in [0.2, 0.25) is 0 Å². The van der Waals surface area contributed by atoms with Gasteiger partial charge in [0.15, 0.2) is 0 Å². The molecule has 0 unspecified atom stereocenters. The van der Waals surface area contributed by atoms with Crippen LogP contribution in [0.5, 0.6) is 0 Å². The first-order valence-electron chi connectivity index (χ1n) is 9.07. The largest absolute Gasteiger partial charge is 0.411 e. The number of nitro benzene ring substituents is 1. The molecule has 0 aliphatic carbocycles. The second kappa shape index (κ2) is 9.33. The molecule has 0 saturated heterocycles. The highest BCUT2D eigenvalue weighted by molar-refractivity contribution is 7.99. The van der Waals surface area contributed by atoms with Gasteiger partial charge in [-0.15, -0.1) is 10.2 Å². The zero-order chi connectivity index (χ0) is 20.8. The van der Waals surface area contributed by atoms with E-state index in [9.17, 15) is 14.9 Å². The number of carbonyl (C=O) groups is 1. The van der Waals surface area contributed by atoms with Gasteiger partial charge in [-0.1, -0.05) is 43.8 Å². The molecule has 9 heteroatoms. The monoisotopic (exact) mass is 412 g/mol. The average molecular weight is 412 g/mol. The van der Waals surface area contributed by atoms with E-state index in [1.54, 1.807) is 12.1 Å². The third-order valence-corrected chi connectivity index (χ3v) is 5.23. The minimum absolute atomic E-state index is 0.0615. The quantitative estimate of drug-likeness (QED) is 0.318. The van der Waals surface area contributed by atoms with E-state index in [2.05, 4.69) is 29.4 Å². The lowest BCUT2D eigenvalue weighted by atomic mass is 9.99. The maximum Gasteiger partial charge on any atom is 0.277 e. The number of hydrogen-bond acceptors (Lipinski definition) is 7. The lowest BCUT2D eigenvalue weighted by molar-refractivity contribution is -0.384. The number of nitro groups is 1. The molecule has 1 amide bonds. The number of non-ortho nitro benzene ring substituents is 1. The van der Waals surface area contributed by atoms with Gasteiger partial charge in [0, 0.05) is 23.4 Å². The zero-order valence-corrected chi connectivity index (χ0v) is 16.8. The second-order valence-electron chi connectivity index (χ2n) is 6.45. The van der Waals surface area contributed by atoms with Gasteiger partial charge >= 0.3 is 0 Å². The maximum absolute atomic E-state index is 12.2. The van der Waals surface area contributed by atoms with Crippen molar-refractivity contribution in [2.24, 2.45) is 0 Å². The Kier molecular flexibility index (Phi) is 6.61. The normalized spacial score (nSPS) is 11.8. The first-order valence-corrected chi connectivity index (χ1v) is 10.1. The molecule has 1 aromatic heterocycles. The van der Waals surface area contributed by atoms with Crippen LogP contribution in [-0.2, 0) is 4.79 Å². The third-order valence-electron chi connectivity index (χ3n) is 4.41. The Bertz CT molecular complexity index is 1000. The molecule has 0 saturated carbocycles. The molecule has 8 nitrogen and oxygen atoms in total. The molecule has 150 valence electrons. The number of nitrogens with zero attached hydrogens (tertiary/aromatic N) is 3. The number of amides is 1. The van der Waals surface area contributed by atoms with Gasteiger partial charge in [-0.3, -0.25) is 14.9 Å². The van der Waals surface area contributed by atoms with Crippen molar-refractivity contribution in [3.05, 3.63) is 64.2 Å². The SMILES string of the molecule is CC[C@@H](C)c1ccc(NC(=O)CSc2nnc(-c3cccc([N+](=O)[O-])c3)o2)cc1. The van der Waals surface area contributed by atoms with Crippen LogP contribution < -0.4 is 5.32 Å². The molecular weight excluding hydrogens is 392 g/mol. The Morgan fingerprint density at radius 1 is 1.24 bits per heavy atom. The van der Waals surface area contributed by atoms with Gasteiger partial charge in [0.05, 0.1) is 10.7 Å². The Morgan fingerprint density at radius 2 is 2.00 bits per heavy atom. The van der Waals surface area contributed by atoms with Gasteiger partial charge in [0.2, 0.25) is 11.8 Å². The molecule has 1 N–H and O–H groups in total. The Balaban J connectivity index is 1.56. The summed E-state index contributed by atoms with van der Waals surface area (Å²) in [7, 11) is 0. The van der Waals surface area contributed by atoms with E-state index in [1.807, 2.05) is 24.3 Å². The van der Waals surface area contributed by atoms with E-state index in [0.29, 0.717) is 11.5 Å². The summed E-state index contributed by atoms with van der Waals surface area (Å²) in [5.74, 6) is 0.552. The fraction of sp³-hybridized carbons (Fsp3) is 0.250. The minimum Gasteiger partial charge on any atom is -0.411 e. The van der Waals surface area contributed by atoms with Gasteiger partial charge in [0.25, 0.3) is 10.9 Å². The molecule has 3 aromatic rings. The molecule has 0 radical (unpaired) electrons. The minimum atomic E-state index is -0.491.